The summed E-state index contributed by atoms with van der Waals surface area (Å²) in [5, 5.41) is 9.03. The van der Waals surface area contributed by atoms with Gasteiger partial charge in [-0.2, -0.15) is 0 Å². The highest BCUT2D eigenvalue weighted by molar-refractivity contribution is 7.98. The smallest absolute Gasteiger partial charge is 0.329 e. The van der Waals surface area contributed by atoms with Crippen molar-refractivity contribution >= 4 is 35.2 Å². The molecule has 0 radical (unpaired) electrons. The van der Waals surface area contributed by atoms with E-state index in [4.69, 9.17) is 21.4 Å². The lowest BCUT2D eigenvalue weighted by molar-refractivity contribution is -0.159. The highest BCUT2D eigenvalue weighted by Gasteiger charge is 2.43. The van der Waals surface area contributed by atoms with Gasteiger partial charge in [-0.3, -0.25) is 4.79 Å². The molecule has 2 rings (SSSR count). The van der Waals surface area contributed by atoms with Crippen LogP contribution in [0.1, 0.15) is 17.3 Å². The quantitative estimate of drug-likeness (QED) is 0.840. The fraction of sp³-hybridized carbons (Fsp3) is 0.429. The number of thioether (sulfide) groups is 1. The van der Waals surface area contributed by atoms with Crippen LogP contribution in [0.5, 0.6) is 0 Å². The lowest BCUT2D eigenvalue weighted by Gasteiger charge is -2.47. The minimum absolute atomic E-state index is 0.160. The molecular formula is C14H16ClNO4S. The lowest BCUT2D eigenvalue weighted by atomic mass is 9.95. The molecule has 114 valence electrons. The molecule has 5 nitrogen and oxygen atoms in total. The van der Waals surface area contributed by atoms with E-state index in [0.29, 0.717) is 23.7 Å². The number of halogens is 1. The molecule has 0 saturated carbocycles. The number of rotatable bonds is 5. The Morgan fingerprint density at radius 2 is 2.14 bits per heavy atom. The molecule has 1 aromatic rings. The van der Waals surface area contributed by atoms with Crippen LogP contribution in [0, 0.1) is 0 Å². The molecule has 1 amide bonds. The molecule has 1 aromatic carbocycles. The van der Waals surface area contributed by atoms with Gasteiger partial charge in [0.1, 0.15) is 12.2 Å². The van der Waals surface area contributed by atoms with E-state index in [9.17, 15) is 9.59 Å². The van der Waals surface area contributed by atoms with Gasteiger partial charge >= 0.3 is 5.97 Å². The number of benzene rings is 1. The number of carbonyl (C=O) groups is 2. The van der Waals surface area contributed by atoms with E-state index < -0.39 is 11.6 Å². The predicted octanol–water partition coefficient (Wildman–Crippen LogP) is 2.38. The van der Waals surface area contributed by atoms with Crippen LogP contribution in [-0.2, 0) is 9.53 Å². The molecule has 1 aliphatic rings. The minimum atomic E-state index is -1.02. The number of hydrogen-bond donors (Lipinski definition) is 1. The highest BCUT2D eigenvalue weighted by atomic mass is 35.5. The maximum atomic E-state index is 12.4. The minimum Gasteiger partial charge on any atom is -0.480 e. The van der Waals surface area contributed by atoms with Gasteiger partial charge in [-0.1, -0.05) is 11.6 Å². The van der Waals surface area contributed by atoms with E-state index >= 15 is 0 Å². The number of carboxylic acid groups (broad SMARTS) is 1. The fourth-order valence-corrected chi connectivity index (χ4v) is 2.84. The van der Waals surface area contributed by atoms with Crippen molar-refractivity contribution in [1.82, 2.24) is 4.90 Å². The molecule has 1 aliphatic heterocycles. The first-order valence-electron chi connectivity index (χ1n) is 6.33. The monoisotopic (exact) mass is 329 g/mol. The van der Waals surface area contributed by atoms with Gasteiger partial charge in [0.25, 0.3) is 5.91 Å². The third-order valence-corrected chi connectivity index (χ3v) is 4.34. The van der Waals surface area contributed by atoms with E-state index in [0.717, 1.165) is 4.90 Å². The van der Waals surface area contributed by atoms with Crippen LogP contribution in [0.4, 0.5) is 0 Å². The highest BCUT2D eigenvalue weighted by Crippen LogP contribution is 2.30. The molecule has 0 bridgehead atoms. The Hall–Kier alpha value is -1.24. The summed E-state index contributed by atoms with van der Waals surface area (Å²) in [7, 11) is 0. The van der Waals surface area contributed by atoms with Gasteiger partial charge in [-0.25, -0.2) is 4.79 Å². The Morgan fingerprint density at radius 1 is 1.48 bits per heavy atom. The average Bonchev–Trinajstić information content (AvgIpc) is 2.42. The van der Waals surface area contributed by atoms with Crippen molar-refractivity contribution in [3.05, 3.63) is 28.8 Å². The van der Waals surface area contributed by atoms with E-state index in [1.165, 1.54) is 11.8 Å². The molecule has 7 heteroatoms. The van der Waals surface area contributed by atoms with Crippen molar-refractivity contribution in [2.24, 2.45) is 0 Å². The van der Waals surface area contributed by atoms with Crippen LogP contribution < -0.4 is 0 Å². The van der Waals surface area contributed by atoms with Gasteiger partial charge in [0.05, 0.1) is 23.7 Å². The number of ether oxygens (including phenoxy) is 1. The van der Waals surface area contributed by atoms with Crippen molar-refractivity contribution in [2.75, 3.05) is 26.0 Å². The number of hydrogen-bond acceptors (Lipinski definition) is 4. The summed E-state index contributed by atoms with van der Waals surface area (Å²) < 4.78 is 5.29. The third-order valence-electron chi connectivity index (χ3n) is 3.29. The van der Waals surface area contributed by atoms with Crippen molar-refractivity contribution in [3.8, 4) is 0 Å². The SMILES string of the molecule is CSc1ccc(Cl)c(C(=O)N2CC(C)(OCC(=O)O)C2)c1. The summed E-state index contributed by atoms with van der Waals surface area (Å²) in [6, 6.07) is 5.34. The molecule has 1 heterocycles. The standard InChI is InChI=1S/C14H16ClNO4S/c1-14(20-6-12(17)18)7-16(8-14)13(19)10-5-9(21-2)3-4-11(10)15/h3-5H,6-8H2,1-2H3,(H,17,18). The molecule has 0 atom stereocenters. The number of nitrogens with zero attached hydrogens (tertiary/aromatic N) is 1. The summed E-state index contributed by atoms with van der Waals surface area (Å²) in [6.45, 7) is 2.15. The maximum absolute atomic E-state index is 12.4. The summed E-state index contributed by atoms with van der Waals surface area (Å²) in [5.74, 6) is -1.18. The summed E-state index contributed by atoms with van der Waals surface area (Å²) >= 11 is 7.62. The predicted molar refractivity (Wildman–Crippen MR) is 81.1 cm³/mol. The van der Waals surface area contributed by atoms with Gasteiger partial charge < -0.3 is 14.7 Å². The van der Waals surface area contributed by atoms with Crippen LogP contribution in [0.2, 0.25) is 5.02 Å². The first-order valence-corrected chi connectivity index (χ1v) is 7.93. The largest absolute Gasteiger partial charge is 0.480 e. The van der Waals surface area contributed by atoms with Crippen LogP contribution in [0.25, 0.3) is 0 Å². The van der Waals surface area contributed by atoms with Gasteiger partial charge in [0.2, 0.25) is 0 Å². The molecule has 1 saturated heterocycles. The summed E-state index contributed by atoms with van der Waals surface area (Å²) in [6.07, 6.45) is 1.93. The number of carbonyl (C=O) groups excluding carboxylic acids is 1. The second-order valence-electron chi connectivity index (χ2n) is 5.14. The van der Waals surface area contributed by atoms with Gasteiger partial charge in [-0.15, -0.1) is 11.8 Å². The molecule has 0 aliphatic carbocycles. The molecule has 21 heavy (non-hydrogen) atoms. The normalized spacial score (nSPS) is 16.4. The van der Waals surface area contributed by atoms with E-state index in [1.807, 2.05) is 12.3 Å². The second kappa shape index (κ2) is 6.25. The Kier molecular flexibility index (Phi) is 4.81. The fourth-order valence-electron chi connectivity index (χ4n) is 2.20. The van der Waals surface area contributed by atoms with Crippen molar-refractivity contribution in [2.45, 2.75) is 17.4 Å². The molecule has 1 fully saturated rings. The van der Waals surface area contributed by atoms with Gasteiger partial charge in [0.15, 0.2) is 0 Å². The van der Waals surface area contributed by atoms with E-state index in [1.54, 1.807) is 24.0 Å². The number of carboxylic acids is 1. The van der Waals surface area contributed by atoms with Gasteiger partial charge in [-0.05, 0) is 31.4 Å². The zero-order valence-corrected chi connectivity index (χ0v) is 13.3. The number of amides is 1. The summed E-state index contributed by atoms with van der Waals surface area (Å²) in [4.78, 5) is 25.5. The second-order valence-corrected chi connectivity index (χ2v) is 6.43. The zero-order chi connectivity index (χ0) is 15.6. The number of likely N-dealkylation sites (tertiary alicyclic amines) is 1. The van der Waals surface area contributed by atoms with E-state index in [2.05, 4.69) is 0 Å². The van der Waals surface area contributed by atoms with Crippen molar-refractivity contribution < 1.29 is 19.4 Å². The Bertz CT molecular complexity index is 572. The van der Waals surface area contributed by atoms with Crippen molar-refractivity contribution in [1.29, 1.82) is 0 Å². The zero-order valence-electron chi connectivity index (χ0n) is 11.8. The Labute approximate surface area is 132 Å². The topological polar surface area (TPSA) is 66.8 Å². The first kappa shape index (κ1) is 16.1. The Balaban J connectivity index is 2.02. The van der Waals surface area contributed by atoms with Crippen LogP contribution in [0.15, 0.2) is 23.1 Å². The van der Waals surface area contributed by atoms with Crippen molar-refractivity contribution in [3.63, 3.8) is 0 Å². The van der Waals surface area contributed by atoms with Crippen LogP contribution >= 0.6 is 23.4 Å². The van der Waals surface area contributed by atoms with Gasteiger partial charge in [0, 0.05) is 4.90 Å². The third kappa shape index (κ3) is 3.70. The Morgan fingerprint density at radius 3 is 2.71 bits per heavy atom. The van der Waals surface area contributed by atoms with Crippen LogP contribution in [0.3, 0.4) is 0 Å². The molecule has 0 unspecified atom stereocenters. The van der Waals surface area contributed by atoms with E-state index in [-0.39, 0.29) is 12.5 Å². The lowest BCUT2D eigenvalue weighted by Crippen LogP contribution is -2.63. The average molecular weight is 330 g/mol. The maximum Gasteiger partial charge on any atom is 0.329 e. The molecule has 0 spiro atoms. The number of aliphatic carboxylic acids is 1. The summed E-state index contributed by atoms with van der Waals surface area (Å²) in [5.41, 5.74) is -0.138. The molecule has 0 aromatic heterocycles. The van der Waals surface area contributed by atoms with Crippen LogP contribution in [-0.4, -0.2) is 53.4 Å². The molecular weight excluding hydrogens is 314 g/mol. The molecule has 1 N–H and O–H groups in total. The first-order chi connectivity index (χ1) is 9.84.